The molecule has 1 N–H and O–H groups in total. The molecule has 0 aliphatic carbocycles. The molecule has 6 heteroatoms. The number of carbonyl (C=O) groups excluding carboxylic acids is 1. The van der Waals surface area contributed by atoms with Crippen LogP contribution in [0.25, 0.3) is 16.2 Å². The number of hydrogen-bond donors (Lipinski definition) is 1. The Bertz CT molecular complexity index is 1350. The Kier molecular flexibility index (Phi) is 6.91. The predicted molar refractivity (Wildman–Crippen MR) is 141 cm³/mol. The lowest BCUT2D eigenvalue weighted by atomic mass is 9.88. The molecule has 0 saturated carbocycles. The molecular formula is C29H27N3O2S. The number of fused-ring (bicyclic) bond motifs is 1. The molecule has 5 rings (SSSR count). The lowest BCUT2D eigenvalue weighted by Crippen LogP contribution is -2.27. The fourth-order valence-corrected chi connectivity index (χ4v) is 5.21. The van der Waals surface area contributed by atoms with Crippen LogP contribution in [0.2, 0.25) is 0 Å². The summed E-state index contributed by atoms with van der Waals surface area (Å²) in [7, 11) is 1.66. The van der Waals surface area contributed by atoms with E-state index in [1.165, 1.54) is 11.1 Å². The quantitative estimate of drug-likeness (QED) is 0.283. The zero-order valence-electron chi connectivity index (χ0n) is 19.6. The molecule has 0 fully saturated rings. The summed E-state index contributed by atoms with van der Waals surface area (Å²) < 4.78 is 7.26. The third-order valence-electron chi connectivity index (χ3n) is 6.17. The molecule has 2 heterocycles. The van der Waals surface area contributed by atoms with Crippen molar-refractivity contribution in [1.82, 2.24) is 14.7 Å². The first-order valence-corrected chi connectivity index (χ1v) is 12.6. The van der Waals surface area contributed by atoms with E-state index < -0.39 is 0 Å². The minimum Gasteiger partial charge on any atom is -0.497 e. The highest BCUT2D eigenvalue weighted by molar-refractivity contribution is 7.15. The van der Waals surface area contributed by atoms with Crippen LogP contribution in [0.1, 0.15) is 29.2 Å². The molecule has 0 spiro atoms. The Morgan fingerprint density at radius 3 is 2.26 bits per heavy atom. The topological polar surface area (TPSA) is 55.6 Å². The second-order valence-electron chi connectivity index (χ2n) is 8.42. The Hall–Kier alpha value is -3.90. The third kappa shape index (κ3) is 5.28. The summed E-state index contributed by atoms with van der Waals surface area (Å²) in [4.78, 5) is 18.4. The molecule has 5 aromatic rings. The van der Waals surface area contributed by atoms with Crippen LogP contribution < -0.4 is 10.1 Å². The molecule has 1 amide bonds. The van der Waals surface area contributed by atoms with Gasteiger partial charge in [-0.25, -0.2) is 4.98 Å². The van der Waals surface area contributed by atoms with Gasteiger partial charge in [-0.2, -0.15) is 0 Å². The largest absolute Gasteiger partial charge is 0.497 e. The molecule has 0 aliphatic heterocycles. The van der Waals surface area contributed by atoms with Crippen molar-refractivity contribution in [1.29, 1.82) is 0 Å². The summed E-state index contributed by atoms with van der Waals surface area (Å²) in [6.07, 6.45) is 3.16. The number of ether oxygens (including phenoxy) is 1. The van der Waals surface area contributed by atoms with E-state index in [1.807, 2.05) is 52.4 Å². The molecule has 0 radical (unpaired) electrons. The van der Waals surface area contributed by atoms with Gasteiger partial charge >= 0.3 is 0 Å². The lowest BCUT2D eigenvalue weighted by molar-refractivity contribution is -0.120. The minimum absolute atomic E-state index is 0.0178. The first-order chi connectivity index (χ1) is 17.2. The Morgan fingerprint density at radius 1 is 0.971 bits per heavy atom. The maximum Gasteiger partial charge on any atom is 0.225 e. The number of methoxy groups -OCH3 is 1. The number of nitrogens with zero attached hydrogens (tertiary/aromatic N) is 2. The number of benzene rings is 3. The molecule has 5 nitrogen and oxygen atoms in total. The van der Waals surface area contributed by atoms with Crippen LogP contribution in [0.5, 0.6) is 5.75 Å². The van der Waals surface area contributed by atoms with E-state index in [9.17, 15) is 4.79 Å². The molecule has 35 heavy (non-hydrogen) atoms. The van der Waals surface area contributed by atoms with Crippen molar-refractivity contribution in [3.8, 4) is 17.0 Å². The number of amides is 1. The van der Waals surface area contributed by atoms with Gasteiger partial charge in [0.1, 0.15) is 5.75 Å². The van der Waals surface area contributed by atoms with E-state index in [4.69, 9.17) is 9.72 Å². The van der Waals surface area contributed by atoms with E-state index in [0.29, 0.717) is 13.0 Å². The highest BCUT2D eigenvalue weighted by Gasteiger charge is 2.16. The number of hydrogen-bond acceptors (Lipinski definition) is 4. The fraction of sp³-hybridized carbons (Fsp3) is 0.172. The molecule has 0 atom stereocenters. The SMILES string of the molecule is COc1ccc(-c2cn3c(CC(=O)NCCC(c4ccccc4)c4ccccc4)csc3n2)cc1. The first kappa shape index (κ1) is 22.9. The number of aromatic nitrogens is 2. The van der Waals surface area contributed by atoms with E-state index in [-0.39, 0.29) is 11.8 Å². The molecule has 0 bridgehead atoms. The second kappa shape index (κ2) is 10.6. The zero-order chi connectivity index (χ0) is 24.0. The van der Waals surface area contributed by atoms with Crippen molar-refractivity contribution >= 4 is 22.2 Å². The molecule has 0 saturated heterocycles. The van der Waals surface area contributed by atoms with Crippen molar-refractivity contribution in [3.63, 3.8) is 0 Å². The van der Waals surface area contributed by atoms with Gasteiger partial charge in [0.05, 0.1) is 19.2 Å². The van der Waals surface area contributed by atoms with Crippen LogP contribution in [0.3, 0.4) is 0 Å². The van der Waals surface area contributed by atoms with Crippen molar-refractivity contribution < 1.29 is 9.53 Å². The van der Waals surface area contributed by atoms with Gasteiger partial charge < -0.3 is 10.1 Å². The van der Waals surface area contributed by atoms with Gasteiger partial charge in [-0.05, 0) is 41.8 Å². The fourth-order valence-electron chi connectivity index (χ4n) is 4.34. The predicted octanol–water partition coefficient (Wildman–Crippen LogP) is 5.95. The summed E-state index contributed by atoms with van der Waals surface area (Å²) >= 11 is 1.55. The van der Waals surface area contributed by atoms with Crippen molar-refractivity contribution in [3.05, 3.63) is 113 Å². The number of thiazole rings is 1. The summed E-state index contributed by atoms with van der Waals surface area (Å²) in [6.45, 7) is 0.613. The van der Waals surface area contributed by atoms with Crippen LogP contribution in [0.4, 0.5) is 0 Å². The normalized spacial score (nSPS) is 11.1. The van der Waals surface area contributed by atoms with Gasteiger partial charge in [0.15, 0.2) is 4.96 Å². The van der Waals surface area contributed by atoms with Crippen LogP contribution >= 0.6 is 11.3 Å². The molecule has 176 valence electrons. The van der Waals surface area contributed by atoms with Crippen LogP contribution in [-0.2, 0) is 11.2 Å². The average Bonchev–Trinajstić information content (AvgIpc) is 3.50. The summed E-state index contributed by atoms with van der Waals surface area (Å²) in [5.74, 6) is 1.07. The smallest absolute Gasteiger partial charge is 0.225 e. The Morgan fingerprint density at radius 2 is 1.63 bits per heavy atom. The van der Waals surface area contributed by atoms with Crippen molar-refractivity contribution in [2.45, 2.75) is 18.8 Å². The van der Waals surface area contributed by atoms with Crippen LogP contribution in [0.15, 0.2) is 96.5 Å². The van der Waals surface area contributed by atoms with E-state index >= 15 is 0 Å². The highest BCUT2D eigenvalue weighted by Crippen LogP contribution is 2.28. The Labute approximate surface area is 209 Å². The van der Waals surface area contributed by atoms with Gasteiger partial charge in [0.25, 0.3) is 0 Å². The maximum absolute atomic E-state index is 12.8. The van der Waals surface area contributed by atoms with E-state index in [2.05, 4.69) is 53.8 Å². The molecule has 0 aliphatic rings. The standard InChI is InChI=1S/C29H27N3O2S/c1-34-25-14-12-23(13-15-25)27-19-32-24(20-35-29(32)31-27)18-28(33)30-17-16-26(21-8-4-2-5-9-21)22-10-6-3-7-11-22/h2-15,19-20,26H,16-18H2,1H3,(H,30,33). The lowest BCUT2D eigenvalue weighted by Gasteiger charge is -2.18. The molecule has 0 unspecified atom stereocenters. The summed E-state index contributed by atoms with van der Waals surface area (Å²) in [5, 5.41) is 5.14. The maximum atomic E-state index is 12.8. The third-order valence-corrected chi connectivity index (χ3v) is 7.06. The molecular weight excluding hydrogens is 454 g/mol. The monoisotopic (exact) mass is 481 g/mol. The number of rotatable bonds is 9. The van der Waals surface area contributed by atoms with Gasteiger partial charge in [0.2, 0.25) is 5.91 Å². The minimum atomic E-state index is 0.0178. The number of nitrogens with one attached hydrogen (secondary N) is 1. The van der Waals surface area contributed by atoms with Gasteiger partial charge in [0, 0.05) is 35.3 Å². The Balaban J connectivity index is 1.23. The average molecular weight is 482 g/mol. The highest BCUT2D eigenvalue weighted by atomic mass is 32.1. The van der Waals surface area contributed by atoms with Gasteiger partial charge in [-0.3, -0.25) is 9.20 Å². The van der Waals surface area contributed by atoms with Crippen LogP contribution in [0, 0.1) is 0 Å². The molecule has 3 aromatic carbocycles. The zero-order valence-corrected chi connectivity index (χ0v) is 20.4. The van der Waals surface area contributed by atoms with E-state index in [1.54, 1.807) is 18.4 Å². The van der Waals surface area contributed by atoms with Crippen molar-refractivity contribution in [2.75, 3.05) is 13.7 Å². The summed E-state index contributed by atoms with van der Waals surface area (Å²) in [5.41, 5.74) is 5.37. The van der Waals surface area contributed by atoms with Crippen molar-refractivity contribution in [2.24, 2.45) is 0 Å². The first-order valence-electron chi connectivity index (χ1n) is 11.7. The molecule has 2 aromatic heterocycles. The van der Waals surface area contributed by atoms with E-state index in [0.717, 1.165) is 34.1 Å². The second-order valence-corrected chi connectivity index (χ2v) is 9.26. The number of carbonyl (C=O) groups is 1. The number of imidazole rings is 1. The van der Waals surface area contributed by atoms with Gasteiger partial charge in [-0.15, -0.1) is 11.3 Å². The van der Waals surface area contributed by atoms with Crippen LogP contribution in [-0.4, -0.2) is 28.9 Å². The van der Waals surface area contributed by atoms with Gasteiger partial charge in [-0.1, -0.05) is 60.7 Å². The summed E-state index contributed by atoms with van der Waals surface area (Å²) in [6, 6.07) is 28.8.